The molecule has 31 heavy (non-hydrogen) atoms. The van der Waals surface area contributed by atoms with Gasteiger partial charge in [-0.25, -0.2) is 4.68 Å². The van der Waals surface area contributed by atoms with Gasteiger partial charge in [0.25, 0.3) is 17.0 Å². The van der Waals surface area contributed by atoms with Crippen LogP contribution in [0.2, 0.25) is 0 Å². The van der Waals surface area contributed by atoms with Crippen molar-refractivity contribution in [3.8, 4) is 0 Å². The lowest BCUT2D eigenvalue weighted by Gasteiger charge is -2.30. The summed E-state index contributed by atoms with van der Waals surface area (Å²) < 4.78 is 6.02. The molecule has 158 valence electrons. The molecule has 3 aromatic rings. The van der Waals surface area contributed by atoms with Crippen LogP contribution in [0.15, 0.2) is 58.1 Å². The number of esters is 1. The van der Waals surface area contributed by atoms with Crippen LogP contribution in [0.1, 0.15) is 6.92 Å². The van der Waals surface area contributed by atoms with E-state index in [2.05, 4.69) is 10.4 Å². The van der Waals surface area contributed by atoms with E-state index in [1.54, 1.807) is 36.4 Å². The number of carbonyl (C=O) groups excluding carboxylic acids is 3. The van der Waals surface area contributed by atoms with Crippen molar-refractivity contribution in [1.82, 2.24) is 9.78 Å². The lowest BCUT2D eigenvalue weighted by atomic mass is 10.1. The highest BCUT2D eigenvalue weighted by Crippen LogP contribution is 2.29. The summed E-state index contributed by atoms with van der Waals surface area (Å²) in [7, 11) is 0. The molecular weight excluding hydrogens is 404 g/mol. The highest BCUT2D eigenvalue weighted by Gasteiger charge is 2.31. The van der Waals surface area contributed by atoms with Crippen molar-refractivity contribution in [2.24, 2.45) is 0 Å². The standard InChI is InChI=1S/C21H18N4O6/c1-12(20(29)24-10-17(26)22-15-8-4-5-9-16(15)24)31-18(27)11-25-21(30)14-7-3-2-6-13(14)19(28)23-25/h2-9,12H,10-11H2,1H3,(H,22,26)(H,23,28)/t12-/m1/s1. The largest absolute Gasteiger partial charge is 0.451 e. The molecular formula is C21H18N4O6. The molecule has 0 aliphatic carbocycles. The molecule has 0 bridgehead atoms. The van der Waals surface area contributed by atoms with E-state index in [1.165, 1.54) is 24.0 Å². The molecule has 10 heteroatoms. The first-order chi connectivity index (χ1) is 14.8. The zero-order valence-electron chi connectivity index (χ0n) is 16.5. The Hall–Kier alpha value is -4.21. The van der Waals surface area contributed by atoms with Crippen molar-refractivity contribution in [1.29, 1.82) is 0 Å². The van der Waals surface area contributed by atoms with Crippen LogP contribution in [-0.4, -0.2) is 40.2 Å². The first-order valence-corrected chi connectivity index (χ1v) is 9.47. The van der Waals surface area contributed by atoms with Gasteiger partial charge < -0.3 is 10.1 Å². The number of amides is 2. The molecule has 0 saturated carbocycles. The Morgan fingerprint density at radius 1 is 1.03 bits per heavy atom. The van der Waals surface area contributed by atoms with Crippen LogP contribution in [0.25, 0.3) is 10.8 Å². The minimum absolute atomic E-state index is 0.166. The van der Waals surface area contributed by atoms with Crippen LogP contribution >= 0.6 is 0 Å². The van der Waals surface area contributed by atoms with Crippen LogP contribution in [-0.2, 0) is 25.7 Å². The Morgan fingerprint density at radius 2 is 1.71 bits per heavy atom. The molecule has 4 rings (SSSR count). The molecule has 0 unspecified atom stereocenters. The number of rotatable bonds is 4. The molecule has 2 aromatic carbocycles. The van der Waals surface area contributed by atoms with Gasteiger partial charge >= 0.3 is 5.97 Å². The maximum absolute atomic E-state index is 12.8. The van der Waals surface area contributed by atoms with E-state index in [0.29, 0.717) is 11.4 Å². The fraction of sp³-hybridized carbons (Fsp3) is 0.190. The van der Waals surface area contributed by atoms with E-state index in [9.17, 15) is 24.0 Å². The van der Waals surface area contributed by atoms with Crippen LogP contribution < -0.4 is 21.3 Å². The van der Waals surface area contributed by atoms with E-state index in [4.69, 9.17) is 4.74 Å². The van der Waals surface area contributed by atoms with E-state index in [1.807, 2.05) is 0 Å². The van der Waals surface area contributed by atoms with Crippen molar-refractivity contribution in [3.05, 3.63) is 69.2 Å². The average molecular weight is 422 g/mol. The quantitative estimate of drug-likeness (QED) is 0.593. The van der Waals surface area contributed by atoms with Crippen LogP contribution in [0.4, 0.5) is 11.4 Å². The molecule has 2 N–H and O–H groups in total. The van der Waals surface area contributed by atoms with Gasteiger partial charge in [-0.1, -0.05) is 24.3 Å². The lowest BCUT2D eigenvalue weighted by molar-refractivity contribution is -0.154. The predicted molar refractivity (Wildman–Crippen MR) is 112 cm³/mol. The molecule has 0 spiro atoms. The number of anilines is 2. The predicted octanol–water partition coefficient (Wildman–Crippen LogP) is 0.607. The molecule has 1 aliphatic heterocycles. The summed E-state index contributed by atoms with van der Waals surface area (Å²) in [6, 6.07) is 13.0. The van der Waals surface area contributed by atoms with Gasteiger partial charge in [0.15, 0.2) is 6.10 Å². The van der Waals surface area contributed by atoms with Gasteiger partial charge in [0.05, 0.1) is 22.1 Å². The van der Waals surface area contributed by atoms with Crippen LogP contribution in [0, 0.1) is 0 Å². The van der Waals surface area contributed by atoms with Gasteiger partial charge in [-0.3, -0.25) is 34.0 Å². The van der Waals surface area contributed by atoms with Crippen molar-refractivity contribution < 1.29 is 19.1 Å². The fourth-order valence-electron chi connectivity index (χ4n) is 3.42. The summed E-state index contributed by atoms with van der Waals surface area (Å²) >= 11 is 0. The van der Waals surface area contributed by atoms with Gasteiger partial charge in [-0.05, 0) is 31.2 Å². The lowest BCUT2D eigenvalue weighted by Crippen LogP contribution is -2.47. The number of H-pyrrole nitrogens is 1. The summed E-state index contributed by atoms with van der Waals surface area (Å²) in [4.78, 5) is 63.0. The smallest absolute Gasteiger partial charge is 0.328 e. The first-order valence-electron chi connectivity index (χ1n) is 9.47. The van der Waals surface area contributed by atoms with E-state index in [0.717, 1.165) is 4.68 Å². The number of para-hydroxylation sites is 2. The molecule has 1 aliphatic rings. The normalized spacial score (nSPS) is 14.0. The van der Waals surface area contributed by atoms with Gasteiger partial charge in [0.2, 0.25) is 5.91 Å². The highest BCUT2D eigenvalue weighted by molar-refractivity contribution is 6.11. The summed E-state index contributed by atoms with van der Waals surface area (Å²) in [5.41, 5.74) is -0.119. The number of fused-ring (bicyclic) bond motifs is 2. The van der Waals surface area contributed by atoms with Gasteiger partial charge in [-0.2, -0.15) is 0 Å². The maximum Gasteiger partial charge on any atom is 0.328 e. The SMILES string of the molecule is C[C@@H](OC(=O)Cn1[nH]c(=O)c2ccccc2c1=O)C(=O)N1CC(=O)Nc2ccccc21. The molecule has 1 aromatic heterocycles. The second-order valence-corrected chi connectivity index (χ2v) is 7.00. The summed E-state index contributed by atoms with van der Waals surface area (Å²) in [5.74, 6) is -1.84. The first kappa shape index (κ1) is 20.1. The van der Waals surface area contributed by atoms with E-state index < -0.39 is 35.6 Å². The minimum Gasteiger partial charge on any atom is -0.451 e. The third-order valence-electron chi connectivity index (χ3n) is 4.86. The van der Waals surface area contributed by atoms with Crippen LogP contribution in [0.5, 0.6) is 0 Å². The zero-order valence-corrected chi connectivity index (χ0v) is 16.5. The molecule has 0 saturated heterocycles. The Labute approximate surface area is 175 Å². The number of hydrogen-bond acceptors (Lipinski definition) is 6. The molecule has 0 radical (unpaired) electrons. The van der Waals surface area contributed by atoms with Gasteiger partial charge in [-0.15, -0.1) is 0 Å². The number of nitrogens with zero attached hydrogens (tertiary/aromatic N) is 2. The average Bonchev–Trinajstić information content (AvgIpc) is 2.76. The second kappa shape index (κ2) is 7.90. The Kier molecular flexibility index (Phi) is 5.12. The maximum atomic E-state index is 12.8. The zero-order chi connectivity index (χ0) is 22.1. The van der Waals surface area contributed by atoms with Gasteiger partial charge in [0, 0.05) is 0 Å². The summed E-state index contributed by atoms with van der Waals surface area (Å²) in [6.45, 7) is 0.587. The third kappa shape index (κ3) is 3.82. The number of ether oxygens (including phenoxy) is 1. The van der Waals surface area contributed by atoms with Crippen molar-refractivity contribution >= 4 is 39.9 Å². The Bertz CT molecular complexity index is 1330. The molecule has 10 nitrogen and oxygen atoms in total. The molecule has 2 amide bonds. The Morgan fingerprint density at radius 3 is 2.48 bits per heavy atom. The summed E-state index contributed by atoms with van der Waals surface area (Å²) in [6.07, 6.45) is -1.21. The minimum atomic E-state index is -1.21. The number of hydrogen-bond donors (Lipinski definition) is 2. The molecule has 2 heterocycles. The number of carbonyl (C=O) groups is 3. The van der Waals surface area contributed by atoms with Crippen molar-refractivity contribution in [3.63, 3.8) is 0 Å². The van der Waals surface area contributed by atoms with Crippen molar-refractivity contribution in [2.45, 2.75) is 19.6 Å². The monoisotopic (exact) mass is 422 g/mol. The van der Waals surface area contributed by atoms with E-state index in [-0.39, 0.29) is 23.2 Å². The third-order valence-corrected chi connectivity index (χ3v) is 4.86. The molecule has 1 atom stereocenters. The number of benzene rings is 2. The second-order valence-electron chi connectivity index (χ2n) is 7.00. The van der Waals surface area contributed by atoms with Crippen molar-refractivity contribution in [2.75, 3.05) is 16.8 Å². The summed E-state index contributed by atoms with van der Waals surface area (Å²) in [5, 5.41) is 5.38. The topological polar surface area (TPSA) is 131 Å². The Balaban J connectivity index is 1.51. The number of aromatic amines is 1. The van der Waals surface area contributed by atoms with Gasteiger partial charge in [0.1, 0.15) is 13.1 Å². The fourth-order valence-corrected chi connectivity index (χ4v) is 3.42. The number of aromatic nitrogens is 2. The number of nitrogens with one attached hydrogen (secondary N) is 2. The molecule has 0 fully saturated rings. The highest BCUT2D eigenvalue weighted by atomic mass is 16.5. The van der Waals surface area contributed by atoms with E-state index >= 15 is 0 Å². The van der Waals surface area contributed by atoms with Crippen LogP contribution in [0.3, 0.4) is 0 Å².